The molecule has 0 radical (unpaired) electrons. The molecule has 1 fully saturated rings. The van der Waals surface area contributed by atoms with Gasteiger partial charge in [-0.25, -0.2) is 0 Å². The first-order valence-corrected chi connectivity index (χ1v) is 6.43. The molecule has 1 aliphatic heterocycles. The predicted octanol–water partition coefficient (Wildman–Crippen LogP) is 0.800. The van der Waals surface area contributed by atoms with E-state index in [1.165, 1.54) is 25.7 Å². The van der Waals surface area contributed by atoms with E-state index in [0.717, 1.165) is 32.0 Å². The van der Waals surface area contributed by atoms with Crippen LogP contribution in [0, 0.1) is 0 Å². The molecule has 1 heterocycles. The van der Waals surface area contributed by atoms with E-state index in [9.17, 15) is 0 Å². The Morgan fingerprint density at radius 1 is 1.31 bits per heavy atom. The van der Waals surface area contributed by atoms with E-state index in [0.29, 0.717) is 5.54 Å². The number of nitrogens with zero attached hydrogens (tertiary/aromatic N) is 2. The van der Waals surface area contributed by atoms with Crippen molar-refractivity contribution in [2.24, 2.45) is 4.99 Å². The van der Waals surface area contributed by atoms with Crippen LogP contribution in [0.3, 0.4) is 0 Å². The molecule has 1 aliphatic carbocycles. The van der Waals surface area contributed by atoms with Gasteiger partial charge in [-0.2, -0.15) is 0 Å². The van der Waals surface area contributed by atoms with E-state index < -0.39 is 0 Å². The van der Waals surface area contributed by atoms with E-state index in [2.05, 4.69) is 34.6 Å². The maximum atomic E-state index is 4.46. The van der Waals surface area contributed by atoms with E-state index in [1.54, 1.807) is 0 Å². The van der Waals surface area contributed by atoms with Gasteiger partial charge in [0.05, 0.1) is 0 Å². The zero-order valence-electron chi connectivity index (χ0n) is 10.6. The maximum Gasteiger partial charge on any atom is 0.191 e. The van der Waals surface area contributed by atoms with Gasteiger partial charge in [0.2, 0.25) is 0 Å². The molecule has 92 valence electrons. The summed E-state index contributed by atoms with van der Waals surface area (Å²) >= 11 is 0. The smallest absolute Gasteiger partial charge is 0.191 e. The average Bonchev–Trinajstić information content (AvgIpc) is 2.78. The van der Waals surface area contributed by atoms with Gasteiger partial charge in [-0.1, -0.05) is 12.8 Å². The third-order valence-corrected chi connectivity index (χ3v) is 3.97. The van der Waals surface area contributed by atoms with Gasteiger partial charge >= 0.3 is 0 Å². The van der Waals surface area contributed by atoms with Crippen molar-refractivity contribution in [3.8, 4) is 0 Å². The Labute approximate surface area is 98.5 Å². The molecule has 1 saturated carbocycles. The summed E-state index contributed by atoms with van der Waals surface area (Å²) in [4.78, 5) is 6.84. The second kappa shape index (κ2) is 5.04. The first-order valence-electron chi connectivity index (χ1n) is 6.43. The Hall–Kier alpha value is -0.770. The van der Waals surface area contributed by atoms with Crippen LogP contribution in [0.2, 0.25) is 0 Å². The van der Waals surface area contributed by atoms with Gasteiger partial charge < -0.3 is 15.5 Å². The van der Waals surface area contributed by atoms with Crippen LogP contribution in [0.15, 0.2) is 4.99 Å². The van der Waals surface area contributed by atoms with Crippen molar-refractivity contribution in [1.82, 2.24) is 15.5 Å². The lowest BCUT2D eigenvalue weighted by Crippen LogP contribution is -2.53. The van der Waals surface area contributed by atoms with Crippen LogP contribution in [0.4, 0.5) is 0 Å². The van der Waals surface area contributed by atoms with Gasteiger partial charge in [-0.15, -0.1) is 0 Å². The zero-order chi connectivity index (χ0) is 11.4. The van der Waals surface area contributed by atoms with Crippen molar-refractivity contribution in [2.75, 3.05) is 33.7 Å². The molecule has 2 N–H and O–H groups in total. The fourth-order valence-electron chi connectivity index (χ4n) is 2.71. The summed E-state index contributed by atoms with van der Waals surface area (Å²) in [7, 11) is 4.40. The lowest BCUT2D eigenvalue weighted by Gasteiger charge is -2.37. The van der Waals surface area contributed by atoms with Crippen molar-refractivity contribution in [2.45, 2.75) is 37.6 Å². The number of nitrogens with one attached hydrogen (secondary N) is 2. The second-order valence-electron chi connectivity index (χ2n) is 5.19. The molecule has 0 aromatic rings. The molecule has 0 aromatic carbocycles. The summed E-state index contributed by atoms with van der Waals surface area (Å²) in [5.41, 5.74) is 0.349. The van der Waals surface area contributed by atoms with Crippen molar-refractivity contribution < 1.29 is 0 Å². The lowest BCUT2D eigenvalue weighted by molar-refractivity contribution is 0.160. The van der Waals surface area contributed by atoms with Crippen molar-refractivity contribution >= 4 is 5.96 Å². The highest BCUT2D eigenvalue weighted by Gasteiger charge is 2.35. The highest BCUT2D eigenvalue weighted by molar-refractivity contribution is 5.80. The summed E-state index contributed by atoms with van der Waals surface area (Å²) in [5, 5.41) is 6.80. The summed E-state index contributed by atoms with van der Waals surface area (Å²) in [6.45, 7) is 3.04. The number of guanidine groups is 1. The molecule has 16 heavy (non-hydrogen) atoms. The fourth-order valence-corrected chi connectivity index (χ4v) is 2.71. The molecule has 4 nitrogen and oxygen atoms in total. The van der Waals surface area contributed by atoms with Crippen LogP contribution >= 0.6 is 0 Å². The summed E-state index contributed by atoms with van der Waals surface area (Å²) in [6, 6.07) is 0. The molecule has 0 bridgehead atoms. The zero-order valence-corrected chi connectivity index (χ0v) is 10.6. The summed E-state index contributed by atoms with van der Waals surface area (Å²) in [6.07, 6.45) is 6.49. The quantitative estimate of drug-likeness (QED) is 0.745. The molecule has 0 unspecified atom stereocenters. The van der Waals surface area contributed by atoms with E-state index in [4.69, 9.17) is 0 Å². The SMILES string of the molecule is CN(C)C1(CNC2=NCCCN2)CCCC1. The third kappa shape index (κ3) is 2.48. The molecule has 0 saturated heterocycles. The largest absolute Gasteiger partial charge is 0.356 e. The number of rotatable bonds is 3. The Balaban J connectivity index is 1.89. The molecule has 2 rings (SSSR count). The Bertz CT molecular complexity index is 254. The van der Waals surface area contributed by atoms with Crippen LogP contribution in [0.5, 0.6) is 0 Å². The van der Waals surface area contributed by atoms with Gasteiger partial charge in [0.1, 0.15) is 0 Å². The van der Waals surface area contributed by atoms with Gasteiger partial charge in [-0.3, -0.25) is 4.99 Å². The molecule has 0 atom stereocenters. The minimum atomic E-state index is 0.349. The van der Waals surface area contributed by atoms with Gasteiger partial charge in [0.25, 0.3) is 0 Å². The number of hydrogen-bond acceptors (Lipinski definition) is 4. The lowest BCUT2D eigenvalue weighted by atomic mass is 9.96. The van der Waals surface area contributed by atoms with Crippen LogP contribution < -0.4 is 10.6 Å². The highest BCUT2D eigenvalue weighted by atomic mass is 15.2. The van der Waals surface area contributed by atoms with Crippen LogP contribution in [-0.4, -0.2) is 50.1 Å². The van der Waals surface area contributed by atoms with Crippen molar-refractivity contribution in [3.63, 3.8) is 0 Å². The maximum absolute atomic E-state index is 4.46. The molecule has 4 heteroatoms. The Kier molecular flexibility index (Phi) is 3.69. The normalized spacial score (nSPS) is 24.1. The monoisotopic (exact) mass is 224 g/mol. The number of likely N-dealkylation sites (N-methyl/N-ethyl adjacent to an activating group) is 1. The summed E-state index contributed by atoms with van der Waals surface area (Å²) < 4.78 is 0. The standard InChI is InChI=1S/C12H24N4/c1-16(2)12(6-3-4-7-12)10-15-11-13-8-5-9-14-11/h3-10H2,1-2H3,(H2,13,14,15). The van der Waals surface area contributed by atoms with Gasteiger partial charge in [-0.05, 0) is 33.4 Å². The molecule has 0 spiro atoms. The van der Waals surface area contributed by atoms with Crippen molar-refractivity contribution in [1.29, 1.82) is 0 Å². The van der Waals surface area contributed by atoms with E-state index in [-0.39, 0.29) is 0 Å². The van der Waals surface area contributed by atoms with Crippen molar-refractivity contribution in [3.05, 3.63) is 0 Å². The van der Waals surface area contributed by atoms with Crippen LogP contribution in [-0.2, 0) is 0 Å². The fraction of sp³-hybridized carbons (Fsp3) is 0.917. The third-order valence-electron chi connectivity index (χ3n) is 3.97. The number of hydrogen-bond donors (Lipinski definition) is 2. The number of aliphatic imine (C=N–C) groups is 1. The Morgan fingerprint density at radius 2 is 2.06 bits per heavy atom. The van der Waals surface area contributed by atoms with Crippen LogP contribution in [0.1, 0.15) is 32.1 Å². The van der Waals surface area contributed by atoms with Crippen LogP contribution in [0.25, 0.3) is 0 Å². The van der Waals surface area contributed by atoms with E-state index in [1.807, 2.05) is 0 Å². The molecular formula is C12H24N4. The second-order valence-corrected chi connectivity index (χ2v) is 5.19. The average molecular weight is 224 g/mol. The topological polar surface area (TPSA) is 39.7 Å². The first-order chi connectivity index (χ1) is 7.73. The van der Waals surface area contributed by atoms with Gasteiger partial charge in [0.15, 0.2) is 5.96 Å². The van der Waals surface area contributed by atoms with E-state index >= 15 is 0 Å². The molecule has 2 aliphatic rings. The summed E-state index contributed by atoms with van der Waals surface area (Å²) in [5.74, 6) is 0.999. The minimum absolute atomic E-state index is 0.349. The Morgan fingerprint density at radius 3 is 2.62 bits per heavy atom. The molecule has 0 aromatic heterocycles. The molecular weight excluding hydrogens is 200 g/mol. The minimum Gasteiger partial charge on any atom is -0.356 e. The predicted molar refractivity (Wildman–Crippen MR) is 67.8 cm³/mol. The first kappa shape index (κ1) is 11.7. The molecule has 0 amide bonds. The highest BCUT2D eigenvalue weighted by Crippen LogP contribution is 2.32. The van der Waals surface area contributed by atoms with Gasteiger partial charge in [0, 0.05) is 25.2 Å².